The molecule has 126 valence electrons. The predicted molar refractivity (Wildman–Crippen MR) is 95.5 cm³/mol. The molecular formula is C21H30O2. The van der Waals surface area contributed by atoms with Gasteiger partial charge in [0.15, 0.2) is 0 Å². The van der Waals surface area contributed by atoms with E-state index in [-0.39, 0.29) is 6.42 Å². The molecule has 0 amide bonds. The van der Waals surface area contributed by atoms with Crippen LogP contribution in [0.2, 0.25) is 0 Å². The third-order valence-corrected chi connectivity index (χ3v) is 5.13. The number of allylic oxidation sites excluding steroid dienone is 2. The quantitative estimate of drug-likeness (QED) is 0.510. The molecular weight excluding hydrogens is 284 g/mol. The Morgan fingerprint density at radius 2 is 2.00 bits per heavy atom. The third kappa shape index (κ3) is 5.85. The molecule has 0 heterocycles. The van der Waals surface area contributed by atoms with Crippen molar-refractivity contribution >= 4 is 5.97 Å². The SMILES string of the molecule is CC1(C)CC[C@@H](CC=CCCCC(=O)O)[C@@H](c2ccccc2)C1. The van der Waals surface area contributed by atoms with E-state index < -0.39 is 5.97 Å². The Morgan fingerprint density at radius 1 is 1.26 bits per heavy atom. The molecule has 0 saturated heterocycles. The van der Waals surface area contributed by atoms with Gasteiger partial charge >= 0.3 is 5.97 Å². The Bertz CT molecular complexity index is 516. The van der Waals surface area contributed by atoms with Gasteiger partial charge in [0.05, 0.1) is 0 Å². The fourth-order valence-corrected chi connectivity index (χ4v) is 3.77. The van der Waals surface area contributed by atoms with Crippen molar-refractivity contribution in [2.45, 2.75) is 64.7 Å². The lowest BCUT2D eigenvalue weighted by Crippen LogP contribution is -2.28. The van der Waals surface area contributed by atoms with Gasteiger partial charge in [-0.05, 0) is 61.3 Å². The van der Waals surface area contributed by atoms with E-state index in [1.165, 1.54) is 24.8 Å². The molecule has 0 bridgehead atoms. The lowest BCUT2D eigenvalue weighted by Gasteiger charge is -2.41. The molecule has 0 aliphatic heterocycles. The molecule has 1 saturated carbocycles. The van der Waals surface area contributed by atoms with E-state index in [0.717, 1.165) is 19.3 Å². The van der Waals surface area contributed by atoms with Crippen molar-refractivity contribution in [1.82, 2.24) is 0 Å². The van der Waals surface area contributed by atoms with E-state index >= 15 is 0 Å². The van der Waals surface area contributed by atoms with Crippen LogP contribution in [-0.4, -0.2) is 11.1 Å². The highest BCUT2D eigenvalue weighted by Crippen LogP contribution is 2.47. The van der Waals surface area contributed by atoms with Gasteiger partial charge in [0.2, 0.25) is 0 Å². The second kappa shape index (κ2) is 8.33. The van der Waals surface area contributed by atoms with Gasteiger partial charge in [-0.3, -0.25) is 4.79 Å². The number of carboxylic acids is 1. The van der Waals surface area contributed by atoms with Crippen LogP contribution >= 0.6 is 0 Å². The van der Waals surface area contributed by atoms with E-state index in [1.807, 2.05) is 0 Å². The van der Waals surface area contributed by atoms with Crippen LogP contribution in [0.3, 0.4) is 0 Å². The highest BCUT2D eigenvalue weighted by atomic mass is 16.4. The maximum atomic E-state index is 10.5. The van der Waals surface area contributed by atoms with Crippen molar-refractivity contribution in [3.63, 3.8) is 0 Å². The van der Waals surface area contributed by atoms with Crippen LogP contribution in [0.5, 0.6) is 0 Å². The summed E-state index contributed by atoms with van der Waals surface area (Å²) in [6.07, 6.45) is 11.3. The molecule has 1 aromatic carbocycles. The minimum atomic E-state index is -0.697. The Kier molecular flexibility index (Phi) is 6.44. The van der Waals surface area contributed by atoms with Gasteiger partial charge in [0, 0.05) is 6.42 Å². The van der Waals surface area contributed by atoms with Crippen molar-refractivity contribution in [2.24, 2.45) is 11.3 Å². The summed E-state index contributed by atoms with van der Waals surface area (Å²) >= 11 is 0. The second-order valence-electron chi connectivity index (χ2n) is 7.68. The van der Waals surface area contributed by atoms with Crippen molar-refractivity contribution < 1.29 is 9.90 Å². The fourth-order valence-electron chi connectivity index (χ4n) is 3.77. The third-order valence-electron chi connectivity index (χ3n) is 5.13. The zero-order chi connectivity index (χ0) is 16.7. The van der Waals surface area contributed by atoms with Gasteiger partial charge in [-0.15, -0.1) is 0 Å². The second-order valence-corrected chi connectivity index (χ2v) is 7.68. The molecule has 1 N–H and O–H groups in total. The molecule has 2 rings (SSSR count). The molecule has 2 heteroatoms. The van der Waals surface area contributed by atoms with Gasteiger partial charge in [-0.25, -0.2) is 0 Å². The zero-order valence-electron chi connectivity index (χ0n) is 14.5. The van der Waals surface area contributed by atoms with Gasteiger partial charge in [0.25, 0.3) is 0 Å². The number of carbonyl (C=O) groups is 1. The standard InChI is InChI=1S/C21H30O2/c1-21(2)15-14-18(12-6-3-4-9-13-20(22)23)19(16-21)17-10-7-5-8-11-17/h3,5-8,10-11,18-19H,4,9,12-16H2,1-2H3,(H,22,23)/t18-,19-/m1/s1. The highest BCUT2D eigenvalue weighted by molar-refractivity contribution is 5.66. The van der Waals surface area contributed by atoms with E-state index in [9.17, 15) is 4.79 Å². The smallest absolute Gasteiger partial charge is 0.303 e. The van der Waals surface area contributed by atoms with Crippen LogP contribution in [0.4, 0.5) is 0 Å². The van der Waals surface area contributed by atoms with E-state index in [4.69, 9.17) is 5.11 Å². The topological polar surface area (TPSA) is 37.3 Å². The maximum Gasteiger partial charge on any atom is 0.303 e. The molecule has 2 atom stereocenters. The summed E-state index contributed by atoms with van der Waals surface area (Å²) < 4.78 is 0. The summed E-state index contributed by atoms with van der Waals surface area (Å²) in [7, 11) is 0. The molecule has 0 unspecified atom stereocenters. The van der Waals surface area contributed by atoms with Crippen molar-refractivity contribution in [3.05, 3.63) is 48.0 Å². The van der Waals surface area contributed by atoms with E-state index in [1.54, 1.807) is 0 Å². The molecule has 1 aromatic rings. The first-order valence-electron chi connectivity index (χ1n) is 8.90. The first-order chi connectivity index (χ1) is 11.0. The lowest BCUT2D eigenvalue weighted by atomic mass is 9.64. The number of benzene rings is 1. The van der Waals surface area contributed by atoms with Gasteiger partial charge in [0.1, 0.15) is 0 Å². The first kappa shape index (κ1) is 17.8. The largest absolute Gasteiger partial charge is 0.481 e. The van der Waals surface area contributed by atoms with Crippen LogP contribution in [-0.2, 0) is 4.79 Å². The van der Waals surface area contributed by atoms with E-state index in [0.29, 0.717) is 17.3 Å². The zero-order valence-corrected chi connectivity index (χ0v) is 14.5. The average Bonchev–Trinajstić information content (AvgIpc) is 2.52. The predicted octanol–water partition coefficient (Wildman–Crippen LogP) is 5.80. The fraction of sp³-hybridized carbons (Fsp3) is 0.571. The van der Waals surface area contributed by atoms with Crippen LogP contribution in [0.1, 0.15) is 70.3 Å². The van der Waals surface area contributed by atoms with Gasteiger partial charge in [-0.1, -0.05) is 56.3 Å². The maximum absolute atomic E-state index is 10.5. The Balaban J connectivity index is 1.93. The number of carboxylic acid groups (broad SMARTS) is 1. The molecule has 0 aromatic heterocycles. The number of hydrogen-bond donors (Lipinski definition) is 1. The lowest BCUT2D eigenvalue weighted by molar-refractivity contribution is -0.137. The van der Waals surface area contributed by atoms with Crippen molar-refractivity contribution in [3.8, 4) is 0 Å². The van der Waals surface area contributed by atoms with Crippen LogP contribution < -0.4 is 0 Å². The van der Waals surface area contributed by atoms with Crippen LogP contribution in [0.25, 0.3) is 0 Å². The summed E-state index contributed by atoms with van der Waals surface area (Å²) in [5.41, 5.74) is 1.91. The monoisotopic (exact) mass is 314 g/mol. The Hall–Kier alpha value is -1.57. The summed E-state index contributed by atoms with van der Waals surface area (Å²) in [5, 5.41) is 8.66. The molecule has 23 heavy (non-hydrogen) atoms. The summed E-state index contributed by atoms with van der Waals surface area (Å²) in [6, 6.07) is 10.9. The molecule has 1 fully saturated rings. The summed E-state index contributed by atoms with van der Waals surface area (Å²) in [4.78, 5) is 10.5. The number of aliphatic carboxylic acids is 1. The van der Waals surface area contributed by atoms with Gasteiger partial charge in [-0.2, -0.15) is 0 Å². The van der Waals surface area contributed by atoms with Crippen LogP contribution in [0.15, 0.2) is 42.5 Å². The molecule has 0 radical (unpaired) electrons. The Labute approximate surface area is 140 Å². The van der Waals surface area contributed by atoms with Gasteiger partial charge < -0.3 is 5.11 Å². The number of unbranched alkanes of at least 4 members (excludes halogenated alkanes) is 1. The van der Waals surface area contributed by atoms with Crippen LogP contribution in [0, 0.1) is 11.3 Å². The molecule has 1 aliphatic rings. The highest BCUT2D eigenvalue weighted by Gasteiger charge is 2.34. The van der Waals surface area contributed by atoms with Crippen molar-refractivity contribution in [2.75, 3.05) is 0 Å². The average molecular weight is 314 g/mol. The Morgan fingerprint density at radius 3 is 2.70 bits per heavy atom. The molecule has 2 nitrogen and oxygen atoms in total. The normalized spacial score (nSPS) is 23.9. The van der Waals surface area contributed by atoms with Crippen molar-refractivity contribution in [1.29, 1.82) is 0 Å². The first-order valence-corrected chi connectivity index (χ1v) is 8.90. The minimum Gasteiger partial charge on any atom is -0.481 e. The molecule has 0 spiro atoms. The minimum absolute atomic E-state index is 0.272. The summed E-state index contributed by atoms with van der Waals surface area (Å²) in [5.74, 6) is 0.654. The van der Waals surface area contributed by atoms with E-state index in [2.05, 4.69) is 56.3 Å². The number of rotatable bonds is 7. The molecule has 1 aliphatic carbocycles. The number of hydrogen-bond acceptors (Lipinski definition) is 1. The summed E-state index contributed by atoms with van der Waals surface area (Å²) in [6.45, 7) is 4.78.